The van der Waals surface area contributed by atoms with E-state index in [1.807, 2.05) is 0 Å². The molecule has 1 N–H and O–H groups in total. The molecule has 2 heteroatoms. The number of piperidine rings is 1. The molecular weight excluding hydrogens is 172 g/mol. The van der Waals surface area contributed by atoms with Crippen molar-refractivity contribution in [2.75, 3.05) is 20.1 Å². The summed E-state index contributed by atoms with van der Waals surface area (Å²) in [5.74, 6) is 0. The Balaban J connectivity index is 2.67. The molecular formula is C12H26N2. The molecule has 0 spiro atoms. The fraction of sp³-hybridized carbons (Fsp3) is 1.00. The second-order valence-electron chi connectivity index (χ2n) is 6.20. The molecule has 1 aliphatic rings. The molecule has 1 rings (SSSR count). The van der Waals surface area contributed by atoms with Crippen LogP contribution in [-0.4, -0.2) is 36.6 Å². The number of nitrogens with zero attached hydrogens (tertiary/aromatic N) is 1. The van der Waals surface area contributed by atoms with Crippen molar-refractivity contribution in [1.29, 1.82) is 0 Å². The Morgan fingerprint density at radius 2 is 1.86 bits per heavy atom. The maximum absolute atomic E-state index is 3.45. The second kappa shape index (κ2) is 3.82. The Morgan fingerprint density at radius 1 is 1.29 bits per heavy atom. The molecule has 0 saturated carbocycles. The van der Waals surface area contributed by atoms with Crippen molar-refractivity contribution in [3.63, 3.8) is 0 Å². The second-order valence-corrected chi connectivity index (χ2v) is 6.20. The van der Waals surface area contributed by atoms with Gasteiger partial charge in [0.2, 0.25) is 0 Å². The highest BCUT2D eigenvalue weighted by Crippen LogP contribution is 2.32. The van der Waals surface area contributed by atoms with Gasteiger partial charge in [0.15, 0.2) is 0 Å². The first-order valence-electron chi connectivity index (χ1n) is 5.70. The van der Waals surface area contributed by atoms with Crippen molar-refractivity contribution >= 4 is 0 Å². The Kier molecular flexibility index (Phi) is 3.27. The molecule has 1 fully saturated rings. The normalized spacial score (nSPS) is 29.1. The van der Waals surface area contributed by atoms with Gasteiger partial charge in [0.05, 0.1) is 0 Å². The van der Waals surface area contributed by atoms with Crippen molar-refractivity contribution in [3.8, 4) is 0 Å². The number of hydrogen-bond donors (Lipinski definition) is 1. The van der Waals surface area contributed by atoms with E-state index in [4.69, 9.17) is 0 Å². The molecule has 1 saturated heterocycles. The third-order valence-corrected chi connectivity index (χ3v) is 3.67. The fourth-order valence-corrected chi connectivity index (χ4v) is 2.25. The summed E-state index contributed by atoms with van der Waals surface area (Å²) in [6, 6.07) is 0.621. The van der Waals surface area contributed by atoms with Gasteiger partial charge in [-0.15, -0.1) is 0 Å². The predicted molar refractivity (Wildman–Crippen MR) is 62.6 cm³/mol. The molecule has 0 aromatic rings. The van der Waals surface area contributed by atoms with Crippen LogP contribution in [0.1, 0.15) is 41.0 Å². The number of rotatable bonds is 1. The zero-order valence-corrected chi connectivity index (χ0v) is 10.6. The zero-order valence-electron chi connectivity index (χ0n) is 10.6. The highest BCUT2D eigenvalue weighted by atomic mass is 15.2. The van der Waals surface area contributed by atoms with Gasteiger partial charge in [-0.25, -0.2) is 0 Å². The lowest BCUT2D eigenvalue weighted by molar-refractivity contribution is 0.0314. The number of hydrogen-bond acceptors (Lipinski definition) is 2. The van der Waals surface area contributed by atoms with Crippen molar-refractivity contribution in [1.82, 2.24) is 10.2 Å². The van der Waals surface area contributed by atoms with Gasteiger partial charge in [-0.2, -0.15) is 0 Å². The standard InChI is InChI=1S/C12H26N2/c1-11(2,3)14-8-7-12(4,5)10(9-14)13-6/h10,13H,7-9H2,1-6H3. The largest absolute Gasteiger partial charge is 0.315 e. The average Bonchev–Trinajstić information content (AvgIpc) is 2.01. The molecule has 0 aromatic heterocycles. The molecule has 84 valence electrons. The monoisotopic (exact) mass is 198 g/mol. The van der Waals surface area contributed by atoms with Crippen molar-refractivity contribution in [3.05, 3.63) is 0 Å². The Hall–Kier alpha value is -0.0800. The first-order valence-corrected chi connectivity index (χ1v) is 5.70. The highest BCUT2D eigenvalue weighted by Gasteiger charge is 2.37. The summed E-state index contributed by atoms with van der Waals surface area (Å²) in [6.07, 6.45) is 1.29. The van der Waals surface area contributed by atoms with Crippen molar-refractivity contribution < 1.29 is 0 Å². The van der Waals surface area contributed by atoms with Gasteiger partial charge < -0.3 is 5.32 Å². The first-order chi connectivity index (χ1) is 6.27. The summed E-state index contributed by atoms with van der Waals surface area (Å²) >= 11 is 0. The van der Waals surface area contributed by atoms with E-state index in [9.17, 15) is 0 Å². The summed E-state index contributed by atoms with van der Waals surface area (Å²) in [6.45, 7) is 14.1. The SMILES string of the molecule is CNC1CN(C(C)(C)C)CCC1(C)C. The van der Waals surface area contributed by atoms with E-state index in [1.54, 1.807) is 0 Å². The van der Waals surface area contributed by atoms with Crippen molar-refractivity contribution in [2.24, 2.45) is 5.41 Å². The predicted octanol–water partition coefficient (Wildman–Crippen LogP) is 2.10. The van der Waals surface area contributed by atoms with Crippen LogP contribution in [0.5, 0.6) is 0 Å². The Morgan fingerprint density at radius 3 is 2.29 bits per heavy atom. The van der Waals surface area contributed by atoms with E-state index in [-0.39, 0.29) is 0 Å². The zero-order chi connectivity index (χ0) is 11.0. The third kappa shape index (κ3) is 2.48. The van der Waals surface area contributed by atoms with Crippen LogP contribution in [-0.2, 0) is 0 Å². The summed E-state index contributed by atoms with van der Waals surface area (Å²) in [4.78, 5) is 2.58. The van der Waals surface area contributed by atoms with Gasteiger partial charge in [0.25, 0.3) is 0 Å². The summed E-state index contributed by atoms with van der Waals surface area (Å²) < 4.78 is 0. The third-order valence-electron chi connectivity index (χ3n) is 3.67. The quantitative estimate of drug-likeness (QED) is 0.694. The molecule has 1 heterocycles. The topological polar surface area (TPSA) is 15.3 Å². The molecule has 0 bridgehead atoms. The smallest absolute Gasteiger partial charge is 0.0243 e. The van der Waals surface area contributed by atoms with Crippen LogP contribution in [0.3, 0.4) is 0 Å². The van der Waals surface area contributed by atoms with Crippen molar-refractivity contribution in [2.45, 2.75) is 52.6 Å². The van der Waals surface area contributed by atoms with Gasteiger partial charge in [0, 0.05) is 18.1 Å². The molecule has 0 radical (unpaired) electrons. The Labute approximate surface area is 89.1 Å². The van der Waals surface area contributed by atoms with Gasteiger partial charge in [-0.3, -0.25) is 4.90 Å². The lowest BCUT2D eigenvalue weighted by atomic mass is 9.77. The van der Waals surface area contributed by atoms with E-state index in [2.05, 4.69) is 51.9 Å². The van der Waals surface area contributed by atoms with E-state index in [0.29, 0.717) is 17.0 Å². The van der Waals surface area contributed by atoms with Crippen LogP contribution in [0.15, 0.2) is 0 Å². The van der Waals surface area contributed by atoms with E-state index < -0.39 is 0 Å². The minimum Gasteiger partial charge on any atom is -0.315 e. The van der Waals surface area contributed by atoms with Crippen LogP contribution in [0.4, 0.5) is 0 Å². The molecule has 0 aliphatic carbocycles. The molecule has 0 aromatic carbocycles. The number of likely N-dealkylation sites (tertiary alicyclic amines) is 1. The van der Waals surface area contributed by atoms with E-state index in [1.165, 1.54) is 19.5 Å². The minimum absolute atomic E-state index is 0.311. The lowest BCUT2D eigenvalue weighted by Gasteiger charge is -2.48. The van der Waals surface area contributed by atoms with E-state index >= 15 is 0 Å². The van der Waals surface area contributed by atoms with Gasteiger partial charge >= 0.3 is 0 Å². The highest BCUT2D eigenvalue weighted by molar-refractivity contribution is 4.94. The molecule has 0 amide bonds. The van der Waals surface area contributed by atoms with E-state index in [0.717, 1.165) is 0 Å². The first kappa shape index (κ1) is 12.0. The summed E-state index contributed by atoms with van der Waals surface area (Å²) in [5, 5.41) is 3.45. The minimum atomic E-state index is 0.311. The average molecular weight is 198 g/mol. The molecule has 14 heavy (non-hydrogen) atoms. The van der Waals surface area contributed by atoms with Gasteiger partial charge in [-0.05, 0) is 46.2 Å². The van der Waals surface area contributed by atoms with Crippen LogP contribution in [0, 0.1) is 5.41 Å². The van der Waals surface area contributed by atoms with Crippen LogP contribution < -0.4 is 5.32 Å². The maximum Gasteiger partial charge on any atom is 0.0243 e. The summed E-state index contributed by atoms with van der Waals surface area (Å²) in [7, 11) is 2.08. The molecule has 2 nitrogen and oxygen atoms in total. The number of likely N-dealkylation sites (N-methyl/N-ethyl adjacent to an activating group) is 1. The Bertz CT molecular complexity index is 191. The van der Waals surface area contributed by atoms with Gasteiger partial charge in [0.1, 0.15) is 0 Å². The van der Waals surface area contributed by atoms with Crippen LogP contribution >= 0.6 is 0 Å². The molecule has 1 atom stereocenters. The van der Waals surface area contributed by atoms with Crippen LogP contribution in [0.25, 0.3) is 0 Å². The summed E-state index contributed by atoms with van der Waals surface area (Å²) in [5.41, 5.74) is 0.752. The van der Waals surface area contributed by atoms with Gasteiger partial charge in [-0.1, -0.05) is 13.8 Å². The molecule has 1 aliphatic heterocycles. The fourth-order valence-electron chi connectivity index (χ4n) is 2.25. The lowest BCUT2D eigenvalue weighted by Crippen LogP contribution is -2.58. The molecule has 1 unspecified atom stereocenters. The number of nitrogens with one attached hydrogen (secondary N) is 1. The van der Waals surface area contributed by atoms with Crippen LogP contribution in [0.2, 0.25) is 0 Å². The maximum atomic E-state index is 3.45.